The Kier molecular flexibility index (Phi) is 5.53. The molecule has 0 amide bonds. The molecule has 188 valence electrons. The highest BCUT2D eigenvalue weighted by atomic mass is 19.4. The number of halogens is 3. The average Bonchev–Trinajstić information content (AvgIpc) is 3.34. The van der Waals surface area contributed by atoms with Crippen molar-refractivity contribution in [3.63, 3.8) is 0 Å². The van der Waals surface area contributed by atoms with Gasteiger partial charge >= 0.3 is 6.18 Å². The molecule has 2 fully saturated rings. The maximum absolute atomic E-state index is 14.1. The molecule has 12 heteroatoms. The smallest absolute Gasteiger partial charge is 0.374 e. The van der Waals surface area contributed by atoms with Crippen LogP contribution in [0.5, 0.6) is 0 Å². The van der Waals surface area contributed by atoms with Gasteiger partial charge in [0.15, 0.2) is 5.78 Å². The SMILES string of the molecule is CN(C)c1ccc(C(=O)CN2c3nc(N4C[C@@H]5CC4(C)CO5)cc(=O)n3CC[C@H]2C(F)(F)F)cn1. The third-order valence-electron chi connectivity index (χ3n) is 7.07. The zero-order valence-corrected chi connectivity index (χ0v) is 19.7. The molecule has 2 bridgehead atoms. The van der Waals surface area contributed by atoms with E-state index in [-0.39, 0.29) is 36.1 Å². The van der Waals surface area contributed by atoms with Crippen molar-refractivity contribution in [2.75, 3.05) is 48.5 Å². The highest BCUT2D eigenvalue weighted by Crippen LogP contribution is 2.41. The van der Waals surface area contributed by atoms with Crippen LogP contribution in [0.15, 0.2) is 29.2 Å². The molecule has 3 atom stereocenters. The Morgan fingerprint density at radius 3 is 2.66 bits per heavy atom. The molecule has 35 heavy (non-hydrogen) atoms. The number of rotatable bonds is 5. The summed E-state index contributed by atoms with van der Waals surface area (Å²) in [7, 11) is 3.59. The predicted octanol–water partition coefficient (Wildman–Crippen LogP) is 2.10. The lowest BCUT2D eigenvalue weighted by molar-refractivity contribution is -0.152. The lowest BCUT2D eigenvalue weighted by atomic mass is 10.0. The van der Waals surface area contributed by atoms with Crippen LogP contribution in [-0.4, -0.2) is 78.0 Å². The van der Waals surface area contributed by atoms with Crippen molar-refractivity contribution in [3.05, 3.63) is 40.3 Å². The third kappa shape index (κ3) is 4.13. The second-order valence-electron chi connectivity index (χ2n) is 9.85. The van der Waals surface area contributed by atoms with E-state index in [0.717, 1.165) is 11.3 Å². The summed E-state index contributed by atoms with van der Waals surface area (Å²) in [6.07, 6.45) is -2.84. The minimum atomic E-state index is -4.60. The van der Waals surface area contributed by atoms with Crippen LogP contribution in [0.25, 0.3) is 0 Å². The van der Waals surface area contributed by atoms with Crippen LogP contribution in [0.1, 0.15) is 30.1 Å². The van der Waals surface area contributed by atoms with Crippen molar-refractivity contribution in [2.24, 2.45) is 0 Å². The van der Waals surface area contributed by atoms with Crippen LogP contribution >= 0.6 is 0 Å². The Morgan fingerprint density at radius 1 is 1.31 bits per heavy atom. The number of carbonyl (C=O) groups excluding carboxylic acids is 1. The molecule has 9 nitrogen and oxygen atoms in total. The molecule has 2 saturated heterocycles. The van der Waals surface area contributed by atoms with Crippen molar-refractivity contribution in [3.8, 4) is 0 Å². The van der Waals surface area contributed by atoms with Gasteiger partial charge in [-0.3, -0.25) is 14.2 Å². The number of pyridine rings is 1. The second kappa shape index (κ2) is 8.21. The molecule has 0 aliphatic carbocycles. The van der Waals surface area contributed by atoms with Crippen LogP contribution in [-0.2, 0) is 11.3 Å². The first-order chi connectivity index (χ1) is 16.5. The molecule has 2 aromatic heterocycles. The van der Waals surface area contributed by atoms with Crippen LogP contribution < -0.4 is 20.3 Å². The quantitative estimate of drug-likeness (QED) is 0.587. The minimum Gasteiger partial charge on any atom is -0.374 e. The first-order valence-corrected chi connectivity index (χ1v) is 11.5. The van der Waals surface area contributed by atoms with Crippen molar-refractivity contribution < 1.29 is 22.7 Å². The molecule has 0 aromatic carbocycles. The van der Waals surface area contributed by atoms with E-state index in [1.54, 1.807) is 25.1 Å². The topological polar surface area (TPSA) is 83.8 Å². The molecule has 5 rings (SSSR count). The summed E-state index contributed by atoms with van der Waals surface area (Å²) < 4.78 is 49.1. The van der Waals surface area contributed by atoms with E-state index in [0.29, 0.717) is 24.8 Å². The summed E-state index contributed by atoms with van der Waals surface area (Å²) in [6, 6.07) is 2.60. The largest absolute Gasteiger partial charge is 0.408 e. The number of carbonyl (C=O) groups is 1. The molecule has 0 radical (unpaired) electrons. The summed E-state index contributed by atoms with van der Waals surface area (Å²) in [5.41, 5.74) is -0.622. The maximum atomic E-state index is 14.1. The van der Waals surface area contributed by atoms with Gasteiger partial charge in [-0.05, 0) is 25.5 Å². The van der Waals surface area contributed by atoms with Gasteiger partial charge in [0.1, 0.15) is 17.7 Å². The minimum absolute atomic E-state index is 0.00108. The van der Waals surface area contributed by atoms with Gasteiger partial charge in [0, 0.05) is 51.4 Å². The van der Waals surface area contributed by atoms with Gasteiger partial charge in [-0.25, -0.2) is 4.98 Å². The van der Waals surface area contributed by atoms with E-state index in [9.17, 15) is 22.8 Å². The molecule has 5 heterocycles. The van der Waals surface area contributed by atoms with Gasteiger partial charge in [0.2, 0.25) is 5.95 Å². The lowest BCUT2D eigenvalue weighted by Gasteiger charge is -2.40. The van der Waals surface area contributed by atoms with Gasteiger partial charge in [0.05, 0.1) is 24.8 Å². The number of aromatic nitrogens is 3. The van der Waals surface area contributed by atoms with Gasteiger partial charge in [-0.15, -0.1) is 0 Å². The summed E-state index contributed by atoms with van der Waals surface area (Å²) in [6.45, 7) is 2.26. The molecular weight excluding hydrogens is 465 g/mol. The Bertz CT molecular complexity index is 1200. The van der Waals surface area contributed by atoms with Crippen LogP contribution in [0.3, 0.4) is 0 Å². The molecular formula is C23H27F3N6O3. The van der Waals surface area contributed by atoms with E-state index in [1.807, 2.05) is 11.8 Å². The number of morpholine rings is 1. The Balaban J connectivity index is 1.52. The van der Waals surface area contributed by atoms with Gasteiger partial charge in [0.25, 0.3) is 5.56 Å². The predicted molar refractivity (Wildman–Crippen MR) is 123 cm³/mol. The average molecular weight is 493 g/mol. The second-order valence-corrected chi connectivity index (χ2v) is 9.85. The Labute approximate surface area is 200 Å². The Morgan fingerprint density at radius 2 is 2.09 bits per heavy atom. The van der Waals surface area contributed by atoms with E-state index in [1.165, 1.54) is 22.9 Å². The number of fused-ring (bicyclic) bond motifs is 3. The monoisotopic (exact) mass is 492 g/mol. The molecule has 3 aliphatic rings. The third-order valence-corrected chi connectivity index (χ3v) is 7.07. The molecule has 3 aliphatic heterocycles. The van der Waals surface area contributed by atoms with Gasteiger partial charge in [-0.1, -0.05) is 0 Å². The van der Waals surface area contributed by atoms with Crippen LogP contribution in [0, 0.1) is 0 Å². The summed E-state index contributed by atoms with van der Waals surface area (Å²) in [5, 5.41) is 0. The van der Waals surface area contributed by atoms with E-state index in [2.05, 4.69) is 9.97 Å². The number of nitrogens with zero attached hydrogens (tertiary/aromatic N) is 6. The first-order valence-electron chi connectivity index (χ1n) is 11.5. The number of anilines is 3. The number of ether oxygens (including phenoxy) is 1. The molecule has 0 spiro atoms. The first kappa shape index (κ1) is 23.6. The summed E-state index contributed by atoms with van der Waals surface area (Å²) in [4.78, 5) is 39.4. The molecule has 2 aromatic rings. The fourth-order valence-corrected chi connectivity index (χ4v) is 5.18. The van der Waals surface area contributed by atoms with E-state index >= 15 is 0 Å². The fraction of sp³-hybridized carbons (Fsp3) is 0.565. The summed E-state index contributed by atoms with van der Waals surface area (Å²) >= 11 is 0. The highest BCUT2D eigenvalue weighted by molar-refractivity contribution is 5.99. The number of hydrogen-bond acceptors (Lipinski definition) is 8. The van der Waals surface area contributed by atoms with E-state index in [4.69, 9.17) is 4.74 Å². The standard InChI is InChI=1S/C23H27F3N6O3/c1-22-9-15(35-13-22)11-32(22)19-8-20(34)30-7-6-17(23(24,25)26)31(21(30)28-19)12-16(33)14-4-5-18(27-10-14)29(2)3/h4-5,8,10,15,17H,6-7,9,11-13H2,1-3H3/t15-,17-,22?/m0/s1. The van der Waals surface area contributed by atoms with Crippen molar-refractivity contribution in [2.45, 2.75) is 50.2 Å². The summed E-state index contributed by atoms with van der Waals surface area (Å²) in [5.74, 6) is 0.255. The van der Waals surface area contributed by atoms with Crippen LogP contribution in [0.4, 0.5) is 30.8 Å². The van der Waals surface area contributed by atoms with Crippen molar-refractivity contribution in [1.29, 1.82) is 0 Å². The zero-order chi connectivity index (χ0) is 25.1. The maximum Gasteiger partial charge on any atom is 0.408 e. The number of ketones is 1. The highest BCUT2D eigenvalue weighted by Gasteiger charge is 2.51. The zero-order valence-electron chi connectivity index (χ0n) is 19.7. The number of alkyl halides is 3. The van der Waals surface area contributed by atoms with Crippen molar-refractivity contribution in [1.82, 2.24) is 14.5 Å². The van der Waals surface area contributed by atoms with E-state index < -0.39 is 30.1 Å². The van der Waals surface area contributed by atoms with Gasteiger partial charge < -0.3 is 19.4 Å². The molecule has 0 saturated carbocycles. The Hall–Kier alpha value is -3.15. The molecule has 1 unspecified atom stereocenters. The van der Waals surface area contributed by atoms with Gasteiger partial charge in [-0.2, -0.15) is 18.2 Å². The normalized spacial score (nSPS) is 25.7. The number of Topliss-reactive ketones (excluding diaryl/α,β-unsaturated/α-hetero) is 1. The molecule has 0 N–H and O–H groups in total. The lowest BCUT2D eigenvalue weighted by Crippen LogP contribution is -2.54. The van der Waals surface area contributed by atoms with Crippen molar-refractivity contribution >= 4 is 23.4 Å². The fourth-order valence-electron chi connectivity index (χ4n) is 5.18. The number of hydrogen-bond donors (Lipinski definition) is 0. The van der Waals surface area contributed by atoms with Crippen LogP contribution in [0.2, 0.25) is 0 Å².